The molecule has 0 heterocycles. The van der Waals surface area contributed by atoms with Gasteiger partial charge in [0.1, 0.15) is 0 Å². The zero-order valence-corrected chi connectivity index (χ0v) is 22.1. The van der Waals surface area contributed by atoms with Gasteiger partial charge in [-0.15, -0.1) is 0 Å². The first-order valence-electron chi connectivity index (χ1n) is 13.2. The minimum atomic E-state index is -1.72. The Labute approximate surface area is 192 Å². The largest absolute Gasteiger partial charge is 0.413 e. The van der Waals surface area contributed by atoms with E-state index in [1.165, 1.54) is 57.8 Å². The van der Waals surface area contributed by atoms with E-state index in [4.69, 9.17) is 14.4 Å². The van der Waals surface area contributed by atoms with Crippen molar-refractivity contribution in [2.75, 3.05) is 6.61 Å². The van der Waals surface area contributed by atoms with Crippen LogP contribution in [-0.2, 0) is 9.16 Å². The molecule has 0 amide bonds. The van der Waals surface area contributed by atoms with Crippen LogP contribution in [0.15, 0.2) is 0 Å². The van der Waals surface area contributed by atoms with E-state index in [1.54, 1.807) is 0 Å². The number of rotatable bonds is 5. The summed E-state index contributed by atoms with van der Waals surface area (Å²) in [7, 11) is -1.72. The molecule has 176 valence electrons. The van der Waals surface area contributed by atoms with Crippen molar-refractivity contribution in [2.24, 2.45) is 35.0 Å². The first-order valence-corrected chi connectivity index (χ1v) is 16.1. The van der Waals surface area contributed by atoms with Gasteiger partial charge < -0.3 is 9.16 Å². The summed E-state index contributed by atoms with van der Waals surface area (Å²) >= 11 is 0. The van der Waals surface area contributed by atoms with Crippen molar-refractivity contribution >= 4 is 8.32 Å². The van der Waals surface area contributed by atoms with E-state index < -0.39 is 8.32 Å². The van der Waals surface area contributed by atoms with Crippen molar-refractivity contribution < 1.29 is 9.16 Å². The van der Waals surface area contributed by atoms with Gasteiger partial charge in [-0.1, -0.05) is 27.7 Å². The van der Waals surface area contributed by atoms with Gasteiger partial charge in [0.15, 0.2) is 8.32 Å². The van der Waals surface area contributed by atoms with Crippen molar-refractivity contribution in [1.82, 2.24) is 0 Å². The highest BCUT2D eigenvalue weighted by molar-refractivity contribution is 6.74. The maximum Gasteiger partial charge on any atom is 0.192 e. The molecule has 31 heavy (non-hydrogen) atoms. The van der Waals surface area contributed by atoms with Crippen molar-refractivity contribution in [3.8, 4) is 6.07 Å². The Morgan fingerprint density at radius 2 is 1.71 bits per heavy atom. The van der Waals surface area contributed by atoms with E-state index in [2.05, 4.69) is 46.9 Å². The van der Waals surface area contributed by atoms with E-state index >= 15 is 0 Å². The lowest BCUT2D eigenvalue weighted by Gasteiger charge is -2.56. The van der Waals surface area contributed by atoms with Crippen LogP contribution >= 0.6 is 0 Å². The second-order valence-corrected chi connectivity index (χ2v) is 17.9. The average Bonchev–Trinajstić information content (AvgIpc) is 3.03. The van der Waals surface area contributed by atoms with Gasteiger partial charge in [-0.3, -0.25) is 0 Å². The van der Waals surface area contributed by atoms with Gasteiger partial charge in [0.25, 0.3) is 0 Å². The molecule has 0 saturated heterocycles. The third-order valence-electron chi connectivity index (χ3n) is 10.6. The Kier molecular flexibility index (Phi) is 6.72. The molecule has 0 aliphatic heterocycles. The second kappa shape index (κ2) is 8.77. The molecule has 0 aromatic rings. The molecule has 0 aromatic heterocycles. The topological polar surface area (TPSA) is 42.2 Å². The number of fused-ring (bicyclic) bond motifs is 5. The van der Waals surface area contributed by atoms with Crippen molar-refractivity contribution in [3.63, 3.8) is 0 Å². The van der Waals surface area contributed by atoms with Crippen molar-refractivity contribution in [2.45, 2.75) is 122 Å². The number of nitriles is 1. The van der Waals surface area contributed by atoms with Crippen molar-refractivity contribution in [1.29, 1.82) is 5.26 Å². The molecule has 8 atom stereocenters. The summed E-state index contributed by atoms with van der Waals surface area (Å²) in [5, 5.41) is 9.09. The molecule has 0 radical (unpaired) electrons. The molecule has 0 N–H and O–H groups in total. The molecule has 4 rings (SSSR count). The summed E-state index contributed by atoms with van der Waals surface area (Å²) in [5.74, 6) is 4.56. The fourth-order valence-corrected chi connectivity index (χ4v) is 9.36. The summed E-state index contributed by atoms with van der Waals surface area (Å²) in [6.07, 6.45) is 13.6. The zero-order chi connectivity index (χ0) is 22.4. The van der Waals surface area contributed by atoms with Crippen LogP contribution in [0.3, 0.4) is 0 Å². The summed E-state index contributed by atoms with van der Waals surface area (Å²) in [5.41, 5.74) is 0.404. The molecule has 4 saturated carbocycles. The SMILES string of the molecule is CC(C)(C)[Si](C)(C)OC1CC[C@H]2[C@@H]3CC[C@H]4C[C@@H](OCCC#N)CC[C@@H]4[C@H]3CC[C@]12C. The maximum absolute atomic E-state index is 8.79. The van der Waals surface area contributed by atoms with Gasteiger partial charge in [0.2, 0.25) is 0 Å². The highest BCUT2D eigenvalue weighted by atomic mass is 28.4. The van der Waals surface area contributed by atoms with Gasteiger partial charge in [-0.25, -0.2) is 0 Å². The second-order valence-electron chi connectivity index (χ2n) is 13.1. The highest BCUT2D eigenvalue weighted by Gasteiger charge is 2.58. The minimum Gasteiger partial charge on any atom is -0.413 e. The molecule has 0 aromatic carbocycles. The molecule has 4 aliphatic rings. The lowest BCUT2D eigenvalue weighted by Crippen LogP contribution is -2.53. The van der Waals surface area contributed by atoms with Crippen LogP contribution in [0, 0.1) is 46.3 Å². The fourth-order valence-electron chi connectivity index (χ4n) is 7.91. The predicted molar refractivity (Wildman–Crippen MR) is 129 cm³/mol. The molecule has 4 fully saturated rings. The molecule has 0 spiro atoms. The van der Waals surface area contributed by atoms with Gasteiger partial charge in [-0.2, -0.15) is 5.26 Å². The van der Waals surface area contributed by atoms with Crippen LogP contribution in [0.5, 0.6) is 0 Å². The normalized spacial score (nSPS) is 42.9. The Morgan fingerprint density at radius 3 is 2.42 bits per heavy atom. The van der Waals surface area contributed by atoms with E-state index in [-0.39, 0.29) is 0 Å². The lowest BCUT2D eigenvalue weighted by molar-refractivity contribution is -0.0964. The Balaban J connectivity index is 1.41. The van der Waals surface area contributed by atoms with Gasteiger partial charge in [0, 0.05) is 0 Å². The third kappa shape index (κ3) is 4.41. The molecular weight excluding hydrogens is 398 g/mol. The lowest BCUT2D eigenvalue weighted by atomic mass is 9.50. The first kappa shape index (κ1) is 23.8. The van der Waals surface area contributed by atoms with Crippen LogP contribution in [-0.4, -0.2) is 27.1 Å². The highest BCUT2D eigenvalue weighted by Crippen LogP contribution is 2.63. The van der Waals surface area contributed by atoms with Crippen LogP contribution < -0.4 is 0 Å². The standard InChI is InChI=1S/C27H47NO2Si/c1-26(2,3)31(5,6)30-25-13-12-24-23-10-8-19-18-20(29-17-7-16-28)9-11-21(19)22(23)14-15-27(24,25)4/h19-25H,7-15,17-18H2,1-6H3/t19-,20-,21-,22+,23+,24-,25?,27-/m0/s1. The number of hydrogen-bond acceptors (Lipinski definition) is 3. The molecule has 3 nitrogen and oxygen atoms in total. The molecule has 4 heteroatoms. The van der Waals surface area contributed by atoms with E-state index in [1.807, 2.05) is 0 Å². The predicted octanol–water partition coefficient (Wildman–Crippen LogP) is 7.33. The maximum atomic E-state index is 8.79. The summed E-state index contributed by atoms with van der Waals surface area (Å²) in [6, 6.07) is 2.22. The number of nitrogens with zero attached hydrogens (tertiary/aromatic N) is 1. The van der Waals surface area contributed by atoms with Gasteiger partial charge in [-0.05, 0) is 111 Å². The summed E-state index contributed by atoms with van der Waals surface area (Å²) < 4.78 is 13.1. The average molecular weight is 446 g/mol. The fraction of sp³-hybridized carbons (Fsp3) is 0.963. The Hall–Kier alpha value is -0.373. The van der Waals surface area contributed by atoms with E-state index in [0.717, 1.165) is 29.6 Å². The van der Waals surface area contributed by atoms with Crippen LogP contribution in [0.1, 0.15) is 91.9 Å². The third-order valence-corrected chi connectivity index (χ3v) is 15.1. The van der Waals surface area contributed by atoms with E-state index in [9.17, 15) is 0 Å². The van der Waals surface area contributed by atoms with Crippen LogP contribution in [0.2, 0.25) is 18.1 Å². The molecule has 0 bridgehead atoms. The summed E-state index contributed by atoms with van der Waals surface area (Å²) in [6.45, 7) is 15.3. The monoisotopic (exact) mass is 445 g/mol. The Morgan fingerprint density at radius 1 is 0.968 bits per heavy atom. The number of ether oxygens (including phenoxy) is 1. The van der Waals surface area contributed by atoms with Crippen LogP contribution in [0.4, 0.5) is 0 Å². The van der Waals surface area contributed by atoms with E-state index in [0.29, 0.717) is 35.7 Å². The van der Waals surface area contributed by atoms with Crippen molar-refractivity contribution in [3.05, 3.63) is 0 Å². The molecule has 1 unspecified atom stereocenters. The number of hydrogen-bond donors (Lipinski definition) is 0. The zero-order valence-electron chi connectivity index (χ0n) is 21.1. The Bertz CT molecular complexity index is 680. The smallest absolute Gasteiger partial charge is 0.192 e. The van der Waals surface area contributed by atoms with Crippen LogP contribution in [0.25, 0.3) is 0 Å². The van der Waals surface area contributed by atoms with Gasteiger partial charge in [0.05, 0.1) is 31.3 Å². The minimum absolute atomic E-state index is 0.296. The molecular formula is C27H47NO2Si. The quantitative estimate of drug-likeness (QED) is 0.328. The van der Waals surface area contributed by atoms with Gasteiger partial charge >= 0.3 is 0 Å². The summed E-state index contributed by atoms with van der Waals surface area (Å²) in [4.78, 5) is 0. The molecule has 4 aliphatic carbocycles. The first-order chi connectivity index (χ1) is 14.6.